The van der Waals surface area contributed by atoms with Crippen molar-refractivity contribution in [1.82, 2.24) is 14.4 Å². The lowest BCUT2D eigenvalue weighted by molar-refractivity contribution is 0.0664. The maximum atomic E-state index is 12.7. The van der Waals surface area contributed by atoms with Gasteiger partial charge in [0.05, 0.1) is 0 Å². The Labute approximate surface area is 156 Å². The van der Waals surface area contributed by atoms with E-state index in [9.17, 15) is 4.79 Å². The highest BCUT2D eigenvalue weighted by atomic mass is 16.2. The Morgan fingerprint density at radius 3 is 2.46 bits per heavy atom. The average molecular weight is 351 g/mol. The van der Waals surface area contributed by atoms with Crippen LogP contribution in [0.4, 0.5) is 0 Å². The van der Waals surface area contributed by atoms with Crippen LogP contribution in [0, 0.1) is 12.8 Å². The lowest BCUT2D eigenvalue weighted by Crippen LogP contribution is -2.47. The molecule has 1 fully saturated rings. The molecule has 0 saturated carbocycles. The molecule has 1 aromatic carbocycles. The molecule has 1 amide bonds. The molecule has 2 aliphatic rings. The number of carbonyl (C=O) groups excluding carboxylic acids is 1. The van der Waals surface area contributed by atoms with Gasteiger partial charge in [-0.25, -0.2) is 0 Å². The van der Waals surface area contributed by atoms with E-state index in [0.29, 0.717) is 0 Å². The second kappa shape index (κ2) is 6.92. The van der Waals surface area contributed by atoms with Gasteiger partial charge in [0.1, 0.15) is 0 Å². The van der Waals surface area contributed by atoms with E-state index in [1.807, 2.05) is 17.0 Å². The van der Waals surface area contributed by atoms with Crippen LogP contribution in [0.2, 0.25) is 0 Å². The number of hydrogen-bond acceptors (Lipinski definition) is 2. The summed E-state index contributed by atoms with van der Waals surface area (Å²) in [5.74, 6) is 0.936. The maximum absolute atomic E-state index is 12.7. The highest BCUT2D eigenvalue weighted by Gasteiger charge is 2.22. The third kappa shape index (κ3) is 3.18. The first-order chi connectivity index (χ1) is 12.5. The number of aromatic nitrogens is 1. The van der Waals surface area contributed by atoms with Crippen molar-refractivity contribution in [2.45, 2.75) is 33.1 Å². The van der Waals surface area contributed by atoms with E-state index in [4.69, 9.17) is 0 Å². The fourth-order valence-corrected chi connectivity index (χ4v) is 4.37. The third-order valence-corrected chi connectivity index (χ3v) is 5.98. The fourth-order valence-electron chi connectivity index (χ4n) is 4.37. The highest BCUT2D eigenvalue weighted by Crippen LogP contribution is 2.30. The van der Waals surface area contributed by atoms with Crippen LogP contribution in [-0.4, -0.2) is 53.5 Å². The van der Waals surface area contributed by atoms with Gasteiger partial charge in [-0.05, 0) is 75.0 Å². The van der Waals surface area contributed by atoms with Crippen LogP contribution in [0.3, 0.4) is 0 Å². The lowest BCUT2D eigenvalue weighted by Gasteiger charge is -2.32. The Morgan fingerprint density at radius 2 is 1.77 bits per heavy atom. The number of aryl methyl sites for hydroxylation is 1. The monoisotopic (exact) mass is 351 g/mol. The lowest BCUT2D eigenvalue weighted by atomic mass is 9.89. The molecule has 0 N–H and O–H groups in total. The van der Waals surface area contributed by atoms with E-state index in [1.165, 1.54) is 35.5 Å². The van der Waals surface area contributed by atoms with E-state index in [2.05, 4.69) is 48.6 Å². The van der Waals surface area contributed by atoms with Crippen LogP contribution >= 0.6 is 0 Å². The number of hydrogen-bond donors (Lipinski definition) is 0. The van der Waals surface area contributed by atoms with Crippen molar-refractivity contribution in [2.75, 3.05) is 33.2 Å². The molecule has 26 heavy (non-hydrogen) atoms. The predicted octanol–water partition coefficient (Wildman–Crippen LogP) is 3.30. The van der Waals surface area contributed by atoms with Crippen molar-refractivity contribution in [1.29, 1.82) is 0 Å². The van der Waals surface area contributed by atoms with Crippen LogP contribution in [0.15, 0.2) is 30.3 Å². The van der Waals surface area contributed by atoms with Crippen LogP contribution in [0.25, 0.3) is 5.69 Å². The molecular formula is C22H29N3O. The summed E-state index contributed by atoms with van der Waals surface area (Å²) in [6.07, 6.45) is 3.59. The standard InChI is InChI=1S/C22H29N3O/c1-16-4-9-21-19(14-16)15-17(2)25(21)20-7-5-18(6-8-20)22(26)24-12-10-23(3)11-13-24/h5-8,15-16H,4,9-14H2,1-3H3. The number of rotatable bonds is 2. The van der Waals surface area contributed by atoms with Crippen molar-refractivity contribution in [3.63, 3.8) is 0 Å². The second-order valence-corrected chi connectivity index (χ2v) is 8.08. The Kier molecular flexibility index (Phi) is 4.62. The minimum atomic E-state index is 0.157. The molecule has 1 aliphatic carbocycles. The van der Waals surface area contributed by atoms with Gasteiger partial charge in [0, 0.05) is 48.8 Å². The normalized spacial score (nSPS) is 20.9. The zero-order valence-electron chi connectivity index (χ0n) is 16.2. The molecule has 0 radical (unpaired) electrons. The molecule has 2 heterocycles. The Hall–Kier alpha value is -2.07. The summed E-state index contributed by atoms with van der Waals surface area (Å²) >= 11 is 0. The zero-order chi connectivity index (χ0) is 18.3. The molecule has 1 atom stereocenters. The van der Waals surface area contributed by atoms with E-state index < -0.39 is 0 Å². The Morgan fingerprint density at radius 1 is 1.08 bits per heavy atom. The maximum Gasteiger partial charge on any atom is 0.253 e. The van der Waals surface area contributed by atoms with E-state index in [1.54, 1.807) is 0 Å². The fraction of sp³-hybridized carbons (Fsp3) is 0.500. The van der Waals surface area contributed by atoms with Gasteiger partial charge in [0.25, 0.3) is 5.91 Å². The summed E-state index contributed by atoms with van der Waals surface area (Å²) in [6, 6.07) is 10.5. The van der Waals surface area contributed by atoms with Gasteiger partial charge >= 0.3 is 0 Å². The number of amides is 1. The first-order valence-electron chi connectivity index (χ1n) is 9.81. The molecule has 1 saturated heterocycles. The molecule has 4 rings (SSSR count). The quantitative estimate of drug-likeness (QED) is 0.831. The molecule has 2 aromatic rings. The molecule has 0 spiro atoms. The van der Waals surface area contributed by atoms with Crippen molar-refractivity contribution in [3.05, 3.63) is 52.8 Å². The molecule has 1 unspecified atom stereocenters. The SMILES string of the molecule is Cc1cc2c(n1-c1ccc(C(=O)N3CCN(C)CC3)cc1)CCC(C)C2. The topological polar surface area (TPSA) is 28.5 Å². The van der Waals surface area contributed by atoms with Crippen LogP contribution < -0.4 is 0 Å². The number of benzene rings is 1. The summed E-state index contributed by atoms with van der Waals surface area (Å²) in [6.45, 7) is 8.08. The summed E-state index contributed by atoms with van der Waals surface area (Å²) in [5, 5.41) is 0. The van der Waals surface area contributed by atoms with Crippen LogP contribution in [0.5, 0.6) is 0 Å². The van der Waals surface area contributed by atoms with Crippen LogP contribution in [0.1, 0.15) is 40.7 Å². The Bertz CT molecular complexity index is 798. The summed E-state index contributed by atoms with van der Waals surface area (Å²) < 4.78 is 2.38. The van der Waals surface area contributed by atoms with Crippen molar-refractivity contribution < 1.29 is 4.79 Å². The molecule has 1 aromatic heterocycles. The zero-order valence-corrected chi connectivity index (χ0v) is 16.2. The number of fused-ring (bicyclic) bond motifs is 1. The Balaban J connectivity index is 1.56. The molecule has 4 heteroatoms. The van der Waals surface area contributed by atoms with Gasteiger partial charge in [0.15, 0.2) is 0 Å². The van der Waals surface area contributed by atoms with Crippen molar-refractivity contribution in [2.24, 2.45) is 5.92 Å². The summed E-state index contributed by atoms with van der Waals surface area (Å²) in [4.78, 5) is 17.0. The smallest absolute Gasteiger partial charge is 0.253 e. The molecule has 1 aliphatic heterocycles. The number of nitrogens with zero attached hydrogens (tertiary/aromatic N) is 3. The minimum absolute atomic E-state index is 0.157. The van der Waals surface area contributed by atoms with E-state index in [0.717, 1.165) is 44.1 Å². The predicted molar refractivity (Wildman–Crippen MR) is 105 cm³/mol. The van der Waals surface area contributed by atoms with E-state index in [-0.39, 0.29) is 5.91 Å². The number of piperazine rings is 1. The van der Waals surface area contributed by atoms with Gasteiger partial charge in [-0.2, -0.15) is 0 Å². The molecule has 138 valence electrons. The number of likely N-dealkylation sites (N-methyl/N-ethyl adjacent to an activating group) is 1. The van der Waals surface area contributed by atoms with Gasteiger partial charge in [-0.1, -0.05) is 6.92 Å². The van der Waals surface area contributed by atoms with Gasteiger partial charge in [-0.3, -0.25) is 4.79 Å². The van der Waals surface area contributed by atoms with Crippen molar-refractivity contribution in [3.8, 4) is 5.69 Å². The first-order valence-corrected chi connectivity index (χ1v) is 9.81. The summed E-state index contributed by atoms with van der Waals surface area (Å²) in [5.41, 5.74) is 6.22. The molecule has 0 bridgehead atoms. The van der Waals surface area contributed by atoms with E-state index >= 15 is 0 Å². The largest absolute Gasteiger partial charge is 0.336 e. The summed E-state index contributed by atoms with van der Waals surface area (Å²) in [7, 11) is 2.11. The van der Waals surface area contributed by atoms with Gasteiger partial charge in [-0.15, -0.1) is 0 Å². The number of carbonyl (C=O) groups is 1. The van der Waals surface area contributed by atoms with Gasteiger partial charge < -0.3 is 14.4 Å². The van der Waals surface area contributed by atoms with Crippen molar-refractivity contribution >= 4 is 5.91 Å². The first kappa shape index (κ1) is 17.3. The molecule has 4 nitrogen and oxygen atoms in total. The average Bonchev–Trinajstić information content (AvgIpc) is 2.96. The second-order valence-electron chi connectivity index (χ2n) is 8.08. The minimum Gasteiger partial charge on any atom is -0.336 e. The van der Waals surface area contributed by atoms with Gasteiger partial charge in [0.2, 0.25) is 0 Å². The molecular weight excluding hydrogens is 322 g/mol. The third-order valence-electron chi connectivity index (χ3n) is 5.98. The highest BCUT2D eigenvalue weighted by molar-refractivity contribution is 5.94. The van der Waals surface area contributed by atoms with Crippen LogP contribution in [-0.2, 0) is 12.8 Å².